The van der Waals surface area contributed by atoms with Crippen LogP contribution in [0.25, 0.3) is 11.4 Å². The molecule has 0 aliphatic rings. The number of hydrogen-bond acceptors (Lipinski definition) is 7. The SMILES string of the molecule is CCOC(=O)c1nc(-c2cc(C)c(S(C)(=O)=O)c(Cl)c2)no1. The molecule has 22 heavy (non-hydrogen) atoms. The second-order valence-corrected chi connectivity index (χ2v) is 6.88. The van der Waals surface area contributed by atoms with Crippen molar-refractivity contribution in [1.82, 2.24) is 10.1 Å². The Balaban J connectivity index is 2.45. The van der Waals surface area contributed by atoms with E-state index in [1.54, 1.807) is 19.9 Å². The Labute approximate surface area is 132 Å². The van der Waals surface area contributed by atoms with Crippen LogP contribution in [-0.2, 0) is 14.6 Å². The molecule has 0 bridgehead atoms. The number of sulfone groups is 1. The Kier molecular flexibility index (Phi) is 4.52. The van der Waals surface area contributed by atoms with E-state index in [1.807, 2.05) is 0 Å². The van der Waals surface area contributed by atoms with Gasteiger partial charge in [-0.2, -0.15) is 4.98 Å². The zero-order chi connectivity index (χ0) is 16.5. The van der Waals surface area contributed by atoms with Gasteiger partial charge in [0.25, 0.3) is 0 Å². The van der Waals surface area contributed by atoms with Gasteiger partial charge in [-0.3, -0.25) is 0 Å². The molecule has 0 aliphatic carbocycles. The molecule has 0 saturated heterocycles. The molecule has 118 valence electrons. The first kappa shape index (κ1) is 16.4. The van der Waals surface area contributed by atoms with E-state index in [-0.39, 0.29) is 28.2 Å². The van der Waals surface area contributed by atoms with Crippen molar-refractivity contribution in [1.29, 1.82) is 0 Å². The van der Waals surface area contributed by atoms with Gasteiger partial charge in [0.1, 0.15) is 0 Å². The summed E-state index contributed by atoms with van der Waals surface area (Å²) in [6, 6.07) is 2.97. The molecule has 7 nitrogen and oxygen atoms in total. The summed E-state index contributed by atoms with van der Waals surface area (Å²) in [5, 5.41) is 3.72. The zero-order valence-corrected chi connectivity index (χ0v) is 13.7. The summed E-state index contributed by atoms with van der Waals surface area (Å²) < 4.78 is 32.9. The first-order valence-corrected chi connectivity index (χ1v) is 8.52. The van der Waals surface area contributed by atoms with E-state index in [4.69, 9.17) is 20.9 Å². The van der Waals surface area contributed by atoms with Crippen molar-refractivity contribution in [3.8, 4) is 11.4 Å². The molecule has 2 rings (SSSR count). The number of esters is 1. The first-order chi connectivity index (χ1) is 10.2. The molecule has 0 unspecified atom stereocenters. The zero-order valence-electron chi connectivity index (χ0n) is 12.1. The lowest BCUT2D eigenvalue weighted by atomic mass is 10.1. The van der Waals surface area contributed by atoms with Gasteiger partial charge in [0.05, 0.1) is 16.5 Å². The van der Waals surface area contributed by atoms with Crippen molar-refractivity contribution in [2.45, 2.75) is 18.7 Å². The fourth-order valence-electron chi connectivity index (χ4n) is 1.95. The van der Waals surface area contributed by atoms with Crippen LogP contribution in [0.4, 0.5) is 0 Å². The monoisotopic (exact) mass is 344 g/mol. The van der Waals surface area contributed by atoms with Crippen LogP contribution >= 0.6 is 11.6 Å². The molecule has 0 radical (unpaired) electrons. The second kappa shape index (κ2) is 6.05. The molecule has 0 amide bonds. The van der Waals surface area contributed by atoms with Gasteiger partial charge in [-0.1, -0.05) is 16.8 Å². The Hall–Kier alpha value is -1.93. The van der Waals surface area contributed by atoms with E-state index >= 15 is 0 Å². The van der Waals surface area contributed by atoms with Gasteiger partial charge < -0.3 is 9.26 Å². The molecular weight excluding hydrogens is 332 g/mol. The number of hydrogen-bond donors (Lipinski definition) is 0. The number of rotatable bonds is 4. The molecule has 2 aromatic rings. The van der Waals surface area contributed by atoms with Crippen LogP contribution in [0.5, 0.6) is 0 Å². The molecule has 0 saturated carbocycles. The summed E-state index contributed by atoms with van der Waals surface area (Å²) >= 11 is 6.03. The molecule has 0 atom stereocenters. The van der Waals surface area contributed by atoms with Crippen LogP contribution in [0.3, 0.4) is 0 Å². The average Bonchev–Trinajstić information content (AvgIpc) is 2.85. The number of halogens is 1. The molecule has 1 heterocycles. The second-order valence-electron chi connectivity index (χ2n) is 4.52. The molecule has 0 aliphatic heterocycles. The van der Waals surface area contributed by atoms with Gasteiger partial charge in [-0.25, -0.2) is 13.2 Å². The Morgan fingerprint density at radius 3 is 2.64 bits per heavy atom. The quantitative estimate of drug-likeness (QED) is 0.784. The average molecular weight is 345 g/mol. The molecule has 0 N–H and O–H groups in total. The van der Waals surface area contributed by atoms with Crippen molar-refractivity contribution in [3.05, 3.63) is 28.6 Å². The smallest absolute Gasteiger partial charge is 0.397 e. The number of aromatic nitrogens is 2. The van der Waals surface area contributed by atoms with Crippen LogP contribution < -0.4 is 0 Å². The standard InChI is InChI=1S/C13H13ClN2O5S/c1-4-20-13(17)12-15-11(16-21-12)8-5-7(2)10(9(14)6-8)22(3,18)19/h5-6H,4H2,1-3H3. The van der Waals surface area contributed by atoms with Gasteiger partial charge in [-0.05, 0) is 31.5 Å². The minimum Gasteiger partial charge on any atom is -0.459 e. The predicted molar refractivity (Wildman–Crippen MR) is 78.5 cm³/mol. The normalized spacial score (nSPS) is 11.5. The highest BCUT2D eigenvalue weighted by Gasteiger charge is 2.21. The number of aryl methyl sites for hydroxylation is 1. The molecular formula is C13H13ClN2O5S. The molecule has 1 aromatic heterocycles. The minimum atomic E-state index is -3.45. The van der Waals surface area contributed by atoms with Crippen molar-refractivity contribution in [3.63, 3.8) is 0 Å². The molecule has 0 fully saturated rings. The highest BCUT2D eigenvalue weighted by atomic mass is 35.5. The molecule has 9 heteroatoms. The number of carbonyl (C=O) groups is 1. The summed E-state index contributed by atoms with van der Waals surface area (Å²) in [4.78, 5) is 15.4. The van der Waals surface area contributed by atoms with E-state index in [1.165, 1.54) is 6.07 Å². The number of nitrogens with zero attached hydrogens (tertiary/aromatic N) is 2. The van der Waals surface area contributed by atoms with E-state index in [0.29, 0.717) is 11.1 Å². The highest BCUT2D eigenvalue weighted by molar-refractivity contribution is 7.90. The maximum Gasteiger partial charge on any atom is 0.397 e. The lowest BCUT2D eigenvalue weighted by molar-refractivity contribution is 0.0470. The Morgan fingerprint density at radius 1 is 1.41 bits per heavy atom. The van der Waals surface area contributed by atoms with Gasteiger partial charge in [-0.15, -0.1) is 0 Å². The maximum absolute atomic E-state index is 11.7. The van der Waals surface area contributed by atoms with E-state index in [2.05, 4.69) is 10.1 Å². The van der Waals surface area contributed by atoms with Crippen LogP contribution in [-0.4, -0.2) is 37.4 Å². The predicted octanol–water partition coefficient (Wildman–Crippen LogP) is 2.28. The third kappa shape index (κ3) is 3.28. The lowest BCUT2D eigenvalue weighted by Crippen LogP contribution is -2.04. The number of benzene rings is 1. The number of ether oxygens (including phenoxy) is 1. The summed E-state index contributed by atoms with van der Waals surface area (Å²) in [6.45, 7) is 3.45. The summed E-state index contributed by atoms with van der Waals surface area (Å²) in [5.74, 6) is -0.886. The third-order valence-corrected chi connectivity index (χ3v) is 4.43. The van der Waals surface area contributed by atoms with Gasteiger partial charge >= 0.3 is 11.9 Å². The number of carbonyl (C=O) groups excluding carboxylic acids is 1. The largest absolute Gasteiger partial charge is 0.459 e. The van der Waals surface area contributed by atoms with Crippen molar-refractivity contribution < 1.29 is 22.5 Å². The van der Waals surface area contributed by atoms with Crippen LogP contribution in [0.15, 0.2) is 21.6 Å². The van der Waals surface area contributed by atoms with Crippen LogP contribution in [0, 0.1) is 6.92 Å². The van der Waals surface area contributed by atoms with Crippen LogP contribution in [0.2, 0.25) is 5.02 Å². The Morgan fingerprint density at radius 2 is 2.09 bits per heavy atom. The maximum atomic E-state index is 11.7. The topological polar surface area (TPSA) is 99.4 Å². The fraction of sp³-hybridized carbons (Fsp3) is 0.308. The fourth-order valence-corrected chi connectivity index (χ4v) is 3.69. The van der Waals surface area contributed by atoms with E-state index < -0.39 is 15.8 Å². The summed E-state index contributed by atoms with van der Waals surface area (Å²) in [7, 11) is -3.45. The van der Waals surface area contributed by atoms with Crippen molar-refractivity contribution in [2.75, 3.05) is 12.9 Å². The minimum absolute atomic E-state index is 0.0482. The molecule has 1 aromatic carbocycles. The van der Waals surface area contributed by atoms with Gasteiger partial charge in [0.15, 0.2) is 9.84 Å². The Bertz CT molecular complexity index is 806. The van der Waals surface area contributed by atoms with Crippen molar-refractivity contribution in [2.24, 2.45) is 0 Å². The van der Waals surface area contributed by atoms with Crippen molar-refractivity contribution >= 4 is 27.4 Å². The van der Waals surface area contributed by atoms with E-state index in [9.17, 15) is 13.2 Å². The van der Waals surface area contributed by atoms with Gasteiger partial charge in [0.2, 0.25) is 5.82 Å². The molecule has 0 spiro atoms. The summed E-state index contributed by atoms with van der Waals surface area (Å²) in [5.41, 5.74) is 0.890. The lowest BCUT2D eigenvalue weighted by Gasteiger charge is -2.07. The summed E-state index contributed by atoms with van der Waals surface area (Å²) in [6.07, 6.45) is 1.08. The van der Waals surface area contributed by atoms with E-state index in [0.717, 1.165) is 6.26 Å². The highest BCUT2D eigenvalue weighted by Crippen LogP contribution is 2.30. The third-order valence-electron chi connectivity index (χ3n) is 2.73. The van der Waals surface area contributed by atoms with Crippen LogP contribution in [0.1, 0.15) is 23.2 Å². The van der Waals surface area contributed by atoms with Gasteiger partial charge in [0, 0.05) is 11.8 Å². The first-order valence-electron chi connectivity index (χ1n) is 6.25.